The van der Waals surface area contributed by atoms with Crippen molar-refractivity contribution in [1.29, 1.82) is 0 Å². The number of halogens is 1. The Hall–Kier alpha value is -2.32. The molecule has 7 heteroatoms. The summed E-state index contributed by atoms with van der Waals surface area (Å²) in [5, 5.41) is 3.03. The quantitative estimate of drug-likeness (QED) is 0.573. The molecule has 0 saturated carbocycles. The van der Waals surface area contributed by atoms with E-state index in [4.69, 9.17) is 0 Å². The molecule has 4 unspecified atom stereocenters. The van der Waals surface area contributed by atoms with Gasteiger partial charge in [0.05, 0.1) is 6.17 Å². The highest BCUT2D eigenvalue weighted by atomic mass is 19.1. The van der Waals surface area contributed by atoms with E-state index in [2.05, 4.69) is 39.2 Å². The van der Waals surface area contributed by atoms with Gasteiger partial charge in [-0.15, -0.1) is 0 Å². The second-order valence-corrected chi connectivity index (χ2v) is 6.73. The third-order valence-electron chi connectivity index (χ3n) is 4.91. The van der Waals surface area contributed by atoms with Crippen LogP contribution in [-0.4, -0.2) is 18.1 Å². The van der Waals surface area contributed by atoms with Gasteiger partial charge in [-0.2, -0.15) is 0 Å². The normalized spacial score (nSPS) is 28.2. The standard InChI is InChI=1S/C19H22FN5O/c20-14-8-6-13(7-9-14)15-10-17(24-22-15)19(26)21-18-11-16(23-25-18)12-4-2-1-3-5-12/h1-9,15-18,22-25H,10-11H2,(H,21,26). The molecule has 4 rings (SSSR count). The van der Waals surface area contributed by atoms with Gasteiger partial charge >= 0.3 is 0 Å². The highest BCUT2D eigenvalue weighted by Crippen LogP contribution is 2.24. The smallest absolute Gasteiger partial charge is 0.239 e. The largest absolute Gasteiger partial charge is 0.338 e. The van der Waals surface area contributed by atoms with Crippen molar-refractivity contribution in [3.63, 3.8) is 0 Å². The summed E-state index contributed by atoms with van der Waals surface area (Å²) < 4.78 is 13.0. The Labute approximate surface area is 151 Å². The number of benzene rings is 2. The Morgan fingerprint density at radius 2 is 1.50 bits per heavy atom. The number of hydrogen-bond acceptors (Lipinski definition) is 5. The molecule has 0 aliphatic carbocycles. The minimum absolute atomic E-state index is 0.0157. The molecule has 136 valence electrons. The molecule has 2 saturated heterocycles. The Kier molecular flexibility index (Phi) is 4.94. The van der Waals surface area contributed by atoms with Crippen LogP contribution in [0.5, 0.6) is 0 Å². The van der Waals surface area contributed by atoms with E-state index in [1.807, 2.05) is 18.2 Å². The van der Waals surface area contributed by atoms with Crippen LogP contribution in [0.15, 0.2) is 54.6 Å². The molecule has 0 bridgehead atoms. The summed E-state index contributed by atoms with van der Waals surface area (Å²) in [7, 11) is 0. The summed E-state index contributed by atoms with van der Waals surface area (Å²) >= 11 is 0. The van der Waals surface area contributed by atoms with Crippen molar-refractivity contribution in [3.05, 3.63) is 71.5 Å². The Morgan fingerprint density at radius 1 is 0.846 bits per heavy atom. The highest BCUT2D eigenvalue weighted by molar-refractivity contribution is 5.82. The predicted molar refractivity (Wildman–Crippen MR) is 95.8 cm³/mol. The Balaban J connectivity index is 1.30. The first-order valence-corrected chi connectivity index (χ1v) is 8.82. The molecule has 2 fully saturated rings. The Bertz CT molecular complexity index is 754. The van der Waals surface area contributed by atoms with E-state index in [1.54, 1.807) is 12.1 Å². The van der Waals surface area contributed by atoms with Crippen molar-refractivity contribution in [2.45, 2.75) is 37.1 Å². The van der Waals surface area contributed by atoms with Crippen molar-refractivity contribution in [3.8, 4) is 0 Å². The van der Waals surface area contributed by atoms with Crippen LogP contribution in [0.3, 0.4) is 0 Å². The van der Waals surface area contributed by atoms with Crippen molar-refractivity contribution >= 4 is 5.91 Å². The number of rotatable bonds is 4. The molecule has 2 aliphatic rings. The molecular weight excluding hydrogens is 333 g/mol. The molecule has 2 aliphatic heterocycles. The van der Waals surface area contributed by atoms with Crippen molar-refractivity contribution in [2.75, 3.05) is 0 Å². The van der Waals surface area contributed by atoms with E-state index in [9.17, 15) is 9.18 Å². The second-order valence-electron chi connectivity index (χ2n) is 6.73. The average molecular weight is 355 g/mol. The first kappa shape index (κ1) is 17.1. The summed E-state index contributed by atoms with van der Waals surface area (Å²) in [4.78, 5) is 12.5. The van der Waals surface area contributed by atoms with Gasteiger partial charge in [0.1, 0.15) is 11.9 Å². The van der Waals surface area contributed by atoms with E-state index < -0.39 is 0 Å². The summed E-state index contributed by atoms with van der Waals surface area (Å²) in [5.74, 6) is -0.322. The summed E-state index contributed by atoms with van der Waals surface area (Å²) in [6, 6.07) is 16.3. The zero-order valence-electron chi connectivity index (χ0n) is 14.2. The monoisotopic (exact) mass is 355 g/mol. The minimum Gasteiger partial charge on any atom is -0.338 e. The van der Waals surface area contributed by atoms with Crippen LogP contribution in [0.1, 0.15) is 36.1 Å². The van der Waals surface area contributed by atoms with E-state index in [0.717, 1.165) is 12.0 Å². The SMILES string of the molecule is O=C(NC1CC(c2ccccc2)NN1)C1CC(c2ccc(F)cc2)NN1. The van der Waals surface area contributed by atoms with Gasteiger partial charge < -0.3 is 5.32 Å². The molecular formula is C19H22FN5O. The van der Waals surface area contributed by atoms with E-state index in [0.29, 0.717) is 6.42 Å². The maximum atomic E-state index is 13.0. The first-order chi connectivity index (χ1) is 12.7. The lowest BCUT2D eigenvalue weighted by Crippen LogP contribution is -2.50. The fourth-order valence-corrected chi connectivity index (χ4v) is 3.47. The summed E-state index contributed by atoms with van der Waals surface area (Å²) in [6.07, 6.45) is 1.26. The molecule has 4 atom stereocenters. The van der Waals surface area contributed by atoms with E-state index in [1.165, 1.54) is 17.7 Å². The second kappa shape index (κ2) is 7.51. The van der Waals surface area contributed by atoms with Crippen molar-refractivity contribution in [2.24, 2.45) is 0 Å². The van der Waals surface area contributed by atoms with Crippen molar-refractivity contribution in [1.82, 2.24) is 27.0 Å². The van der Waals surface area contributed by atoms with Crippen molar-refractivity contribution < 1.29 is 9.18 Å². The third kappa shape index (κ3) is 3.76. The maximum absolute atomic E-state index is 13.0. The van der Waals surface area contributed by atoms with Gasteiger partial charge in [0.25, 0.3) is 0 Å². The van der Waals surface area contributed by atoms with Gasteiger partial charge in [-0.25, -0.2) is 26.1 Å². The first-order valence-electron chi connectivity index (χ1n) is 8.82. The predicted octanol–water partition coefficient (Wildman–Crippen LogP) is 1.41. The fraction of sp³-hybridized carbons (Fsp3) is 0.316. The van der Waals surface area contributed by atoms with Crippen LogP contribution < -0.4 is 27.0 Å². The number of hydrogen-bond donors (Lipinski definition) is 5. The van der Waals surface area contributed by atoms with Crippen LogP contribution >= 0.6 is 0 Å². The van der Waals surface area contributed by atoms with Crippen LogP contribution in [-0.2, 0) is 4.79 Å². The van der Waals surface area contributed by atoms with E-state index >= 15 is 0 Å². The molecule has 0 spiro atoms. The zero-order chi connectivity index (χ0) is 17.9. The molecule has 5 N–H and O–H groups in total. The average Bonchev–Trinajstić information content (AvgIpc) is 3.33. The van der Waals surface area contributed by atoms with Gasteiger partial charge in [0.2, 0.25) is 5.91 Å². The topological polar surface area (TPSA) is 77.2 Å². The van der Waals surface area contributed by atoms with Gasteiger partial charge in [-0.05, 0) is 29.7 Å². The van der Waals surface area contributed by atoms with Gasteiger partial charge in [-0.1, -0.05) is 42.5 Å². The molecule has 26 heavy (non-hydrogen) atoms. The lowest BCUT2D eigenvalue weighted by molar-refractivity contribution is -0.123. The number of nitrogens with one attached hydrogen (secondary N) is 5. The van der Waals surface area contributed by atoms with Crippen LogP contribution in [0.25, 0.3) is 0 Å². The van der Waals surface area contributed by atoms with Crippen LogP contribution in [0.4, 0.5) is 4.39 Å². The van der Waals surface area contributed by atoms with Crippen LogP contribution in [0, 0.1) is 5.82 Å². The van der Waals surface area contributed by atoms with Gasteiger partial charge in [0.15, 0.2) is 0 Å². The summed E-state index contributed by atoms with van der Waals surface area (Å²) in [6.45, 7) is 0. The zero-order valence-corrected chi connectivity index (χ0v) is 14.2. The molecule has 2 aromatic carbocycles. The highest BCUT2D eigenvalue weighted by Gasteiger charge is 2.33. The lowest BCUT2D eigenvalue weighted by atomic mass is 10.0. The number of amides is 1. The molecule has 6 nitrogen and oxygen atoms in total. The molecule has 2 aromatic rings. The van der Waals surface area contributed by atoms with Gasteiger partial charge in [0, 0.05) is 18.5 Å². The number of carbonyl (C=O) groups excluding carboxylic acids is 1. The fourth-order valence-electron chi connectivity index (χ4n) is 3.47. The summed E-state index contributed by atoms with van der Waals surface area (Å²) in [5.41, 5.74) is 14.7. The van der Waals surface area contributed by atoms with E-state index in [-0.39, 0.29) is 36.0 Å². The van der Waals surface area contributed by atoms with Gasteiger partial charge in [-0.3, -0.25) is 4.79 Å². The minimum atomic E-state index is -0.331. The molecule has 0 radical (unpaired) electrons. The number of hydrazine groups is 2. The molecule has 2 heterocycles. The molecule has 1 amide bonds. The Morgan fingerprint density at radius 3 is 2.27 bits per heavy atom. The van der Waals surface area contributed by atoms with Crippen LogP contribution in [0.2, 0.25) is 0 Å². The molecule has 0 aromatic heterocycles. The number of carbonyl (C=O) groups is 1. The third-order valence-corrected chi connectivity index (χ3v) is 4.91. The lowest BCUT2D eigenvalue weighted by Gasteiger charge is -2.15. The maximum Gasteiger partial charge on any atom is 0.239 e.